The van der Waals surface area contributed by atoms with Crippen LogP contribution < -0.4 is 0 Å². The van der Waals surface area contributed by atoms with Gasteiger partial charge in [0.15, 0.2) is 11.5 Å². The molecule has 0 aromatic carbocycles. The largest absolute Gasteiger partial charge is 0.393 e. The van der Waals surface area contributed by atoms with Crippen LogP contribution in [-0.4, -0.2) is 57.8 Å². The minimum absolute atomic E-state index is 0.0686. The lowest BCUT2D eigenvalue weighted by Crippen LogP contribution is -2.38. The van der Waals surface area contributed by atoms with E-state index in [4.69, 9.17) is 4.52 Å². The van der Waals surface area contributed by atoms with Gasteiger partial charge in [-0.3, -0.25) is 9.69 Å². The van der Waals surface area contributed by atoms with Crippen LogP contribution in [-0.2, 0) is 6.54 Å². The van der Waals surface area contributed by atoms with Crippen molar-refractivity contribution in [3.05, 3.63) is 17.5 Å². The van der Waals surface area contributed by atoms with Crippen molar-refractivity contribution in [1.82, 2.24) is 15.0 Å². The fourth-order valence-corrected chi connectivity index (χ4v) is 2.81. The number of hydrogen-bond donors (Lipinski definition) is 1. The molecule has 1 aromatic rings. The molecule has 6 heteroatoms. The average Bonchev–Trinajstić information content (AvgIpc) is 2.98. The third kappa shape index (κ3) is 4.08. The van der Waals surface area contributed by atoms with Gasteiger partial charge in [-0.1, -0.05) is 12.1 Å². The van der Waals surface area contributed by atoms with Crippen molar-refractivity contribution in [2.24, 2.45) is 0 Å². The van der Waals surface area contributed by atoms with Crippen LogP contribution >= 0.6 is 0 Å². The molecule has 1 saturated heterocycles. The molecule has 1 aromatic heterocycles. The lowest BCUT2D eigenvalue weighted by molar-refractivity contribution is 0.0686. The number of carbonyl (C=O) groups is 1. The molecule has 1 amide bonds. The number of likely N-dealkylation sites (tertiary alicyclic amines) is 1. The van der Waals surface area contributed by atoms with Crippen molar-refractivity contribution in [2.75, 3.05) is 19.6 Å². The minimum Gasteiger partial charge on any atom is -0.393 e. The van der Waals surface area contributed by atoms with Crippen LogP contribution in [0.2, 0.25) is 0 Å². The Morgan fingerprint density at radius 1 is 1.50 bits per heavy atom. The van der Waals surface area contributed by atoms with E-state index in [9.17, 15) is 9.90 Å². The molecule has 22 heavy (non-hydrogen) atoms. The predicted molar refractivity (Wildman–Crippen MR) is 83.5 cm³/mol. The Balaban J connectivity index is 1.97. The monoisotopic (exact) mass is 309 g/mol. The van der Waals surface area contributed by atoms with Crippen LogP contribution in [0.5, 0.6) is 0 Å². The van der Waals surface area contributed by atoms with Crippen molar-refractivity contribution < 1.29 is 14.4 Å². The second-order valence-electron chi connectivity index (χ2n) is 6.03. The van der Waals surface area contributed by atoms with Crippen LogP contribution in [0.3, 0.4) is 0 Å². The van der Waals surface area contributed by atoms with Crippen molar-refractivity contribution in [3.63, 3.8) is 0 Å². The molecule has 0 unspecified atom stereocenters. The van der Waals surface area contributed by atoms with Crippen molar-refractivity contribution in [2.45, 2.75) is 58.7 Å². The molecule has 0 saturated carbocycles. The van der Waals surface area contributed by atoms with E-state index in [0.29, 0.717) is 24.5 Å². The molecule has 1 atom stereocenters. The van der Waals surface area contributed by atoms with Gasteiger partial charge in [-0.2, -0.15) is 0 Å². The molecule has 124 valence electrons. The minimum atomic E-state index is -0.184. The van der Waals surface area contributed by atoms with Gasteiger partial charge in [0, 0.05) is 31.7 Å². The zero-order valence-electron chi connectivity index (χ0n) is 13.8. The van der Waals surface area contributed by atoms with Crippen LogP contribution in [0.25, 0.3) is 0 Å². The third-order valence-electron chi connectivity index (χ3n) is 4.44. The first-order valence-electron chi connectivity index (χ1n) is 8.22. The number of aromatic nitrogens is 1. The molecule has 1 N–H and O–H groups in total. The molecular formula is C16H27N3O3. The van der Waals surface area contributed by atoms with Gasteiger partial charge >= 0.3 is 0 Å². The molecule has 2 rings (SSSR count). The summed E-state index contributed by atoms with van der Waals surface area (Å²) in [5.74, 6) is 0.640. The normalized spacial score (nSPS) is 18.4. The van der Waals surface area contributed by atoms with E-state index in [1.165, 1.54) is 0 Å². The average molecular weight is 309 g/mol. The summed E-state index contributed by atoms with van der Waals surface area (Å²) in [5, 5.41) is 13.5. The van der Waals surface area contributed by atoms with E-state index < -0.39 is 0 Å². The van der Waals surface area contributed by atoms with Gasteiger partial charge in [-0.15, -0.1) is 0 Å². The highest BCUT2D eigenvalue weighted by molar-refractivity contribution is 5.92. The fourth-order valence-electron chi connectivity index (χ4n) is 2.81. The van der Waals surface area contributed by atoms with E-state index in [-0.39, 0.29) is 18.1 Å². The SMILES string of the molecule is CC[C@H](C)N(CC)C(=O)c1cc(CN2CCC(O)CC2)on1. The van der Waals surface area contributed by atoms with E-state index in [1.54, 1.807) is 6.07 Å². The number of nitrogens with zero attached hydrogens (tertiary/aromatic N) is 3. The number of amides is 1. The van der Waals surface area contributed by atoms with Crippen LogP contribution in [0, 0.1) is 0 Å². The zero-order valence-corrected chi connectivity index (χ0v) is 13.8. The first-order chi connectivity index (χ1) is 10.5. The lowest BCUT2D eigenvalue weighted by atomic mass is 10.1. The topological polar surface area (TPSA) is 69.8 Å². The highest BCUT2D eigenvalue weighted by Crippen LogP contribution is 2.16. The third-order valence-corrected chi connectivity index (χ3v) is 4.44. The Kier molecular flexibility index (Phi) is 5.97. The van der Waals surface area contributed by atoms with Gasteiger partial charge in [-0.05, 0) is 33.1 Å². The zero-order chi connectivity index (χ0) is 16.1. The van der Waals surface area contributed by atoms with Crippen molar-refractivity contribution in [3.8, 4) is 0 Å². The van der Waals surface area contributed by atoms with E-state index in [1.807, 2.05) is 18.7 Å². The summed E-state index contributed by atoms with van der Waals surface area (Å²) in [4.78, 5) is 16.5. The fraction of sp³-hybridized carbons (Fsp3) is 0.750. The molecular weight excluding hydrogens is 282 g/mol. The quantitative estimate of drug-likeness (QED) is 0.869. The summed E-state index contributed by atoms with van der Waals surface area (Å²) in [6, 6.07) is 1.94. The second kappa shape index (κ2) is 7.74. The smallest absolute Gasteiger partial charge is 0.276 e. The van der Waals surface area contributed by atoms with Gasteiger partial charge in [-0.25, -0.2) is 0 Å². The Labute approximate surface area is 132 Å². The molecule has 2 heterocycles. The molecule has 1 fully saturated rings. The first kappa shape index (κ1) is 17.0. The number of hydrogen-bond acceptors (Lipinski definition) is 5. The second-order valence-corrected chi connectivity index (χ2v) is 6.03. The summed E-state index contributed by atoms with van der Waals surface area (Å²) in [6.07, 6.45) is 2.31. The predicted octanol–water partition coefficient (Wildman–Crippen LogP) is 1.89. The number of piperidine rings is 1. The summed E-state index contributed by atoms with van der Waals surface area (Å²) in [7, 11) is 0. The molecule has 1 aliphatic heterocycles. The van der Waals surface area contributed by atoms with Crippen LogP contribution in [0.1, 0.15) is 56.3 Å². The van der Waals surface area contributed by atoms with E-state index in [2.05, 4.69) is 17.0 Å². The standard InChI is InChI=1S/C16H27N3O3/c1-4-12(3)19(5-2)16(21)15-10-14(22-17-15)11-18-8-6-13(20)7-9-18/h10,12-13,20H,4-9,11H2,1-3H3/t12-/m0/s1. The number of carbonyl (C=O) groups excluding carboxylic acids is 1. The molecule has 0 spiro atoms. The Bertz CT molecular complexity index is 481. The van der Waals surface area contributed by atoms with Crippen LogP contribution in [0.15, 0.2) is 10.6 Å². The molecule has 0 aliphatic carbocycles. The van der Waals surface area contributed by atoms with Gasteiger partial charge in [0.1, 0.15) is 0 Å². The molecule has 6 nitrogen and oxygen atoms in total. The maximum Gasteiger partial charge on any atom is 0.276 e. The Morgan fingerprint density at radius 3 is 2.77 bits per heavy atom. The number of aliphatic hydroxyl groups excluding tert-OH is 1. The van der Waals surface area contributed by atoms with Crippen LogP contribution in [0.4, 0.5) is 0 Å². The lowest BCUT2D eigenvalue weighted by Gasteiger charge is -2.28. The van der Waals surface area contributed by atoms with E-state index in [0.717, 1.165) is 32.4 Å². The molecule has 0 bridgehead atoms. The maximum absolute atomic E-state index is 12.5. The highest BCUT2D eigenvalue weighted by Gasteiger charge is 2.23. The van der Waals surface area contributed by atoms with Gasteiger partial charge in [0.25, 0.3) is 5.91 Å². The Hall–Kier alpha value is -1.40. The first-order valence-corrected chi connectivity index (χ1v) is 8.22. The number of aliphatic hydroxyl groups is 1. The summed E-state index contributed by atoms with van der Waals surface area (Å²) < 4.78 is 5.32. The Morgan fingerprint density at radius 2 is 2.18 bits per heavy atom. The van der Waals surface area contributed by atoms with Gasteiger partial charge < -0.3 is 14.5 Å². The van der Waals surface area contributed by atoms with Gasteiger partial charge in [0.05, 0.1) is 12.6 Å². The maximum atomic E-state index is 12.5. The van der Waals surface area contributed by atoms with Crippen molar-refractivity contribution >= 4 is 5.91 Å². The van der Waals surface area contributed by atoms with E-state index >= 15 is 0 Å². The van der Waals surface area contributed by atoms with Gasteiger partial charge in [0.2, 0.25) is 0 Å². The highest BCUT2D eigenvalue weighted by atomic mass is 16.5. The number of rotatable bonds is 6. The molecule has 0 radical (unpaired) electrons. The molecule has 1 aliphatic rings. The van der Waals surface area contributed by atoms with Crippen molar-refractivity contribution in [1.29, 1.82) is 0 Å². The summed E-state index contributed by atoms with van der Waals surface area (Å²) in [5.41, 5.74) is 0.384. The summed E-state index contributed by atoms with van der Waals surface area (Å²) >= 11 is 0. The summed E-state index contributed by atoms with van der Waals surface area (Å²) in [6.45, 7) is 9.09.